The lowest BCUT2D eigenvalue weighted by atomic mass is 9.94. The number of imide groups is 1. The van der Waals surface area contributed by atoms with Gasteiger partial charge in [0.05, 0.1) is 19.8 Å². The fourth-order valence-corrected chi connectivity index (χ4v) is 3.27. The Morgan fingerprint density at radius 2 is 1.86 bits per heavy atom. The van der Waals surface area contributed by atoms with Crippen molar-refractivity contribution >= 4 is 17.8 Å². The standard InChI is InChI=1S/C20H29N3O5/c1-5-6-7-8-9-13-20(2)18(25)23(19(26)21-20)22-17(24)14-11-10-12-15(27-3)16(14)28-4/h10-12H,5-9,13H2,1-4H3,(H,21,26)(H,22,24). The van der Waals surface area contributed by atoms with E-state index >= 15 is 0 Å². The zero-order valence-electron chi connectivity index (χ0n) is 17.0. The van der Waals surface area contributed by atoms with Crippen molar-refractivity contribution in [3.05, 3.63) is 23.8 Å². The second kappa shape index (κ2) is 9.43. The highest BCUT2D eigenvalue weighted by atomic mass is 16.5. The molecule has 1 atom stereocenters. The number of rotatable bonds is 10. The Balaban J connectivity index is 2.07. The number of hydrogen-bond donors (Lipinski definition) is 2. The topological polar surface area (TPSA) is 97.0 Å². The number of benzene rings is 1. The fraction of sp³-hybridized carbons (Fsp3) is 0.550. The molecule has 0 spiro atoms. The second-order valence-corrected chi connectivity index (χ2v) is 7.05. The van der Waals surface area contributed by atoms with E-state index in [1.54, 1.807) is 19.1 Å². The number of carbonyl (C=O) groups excluding carboxylic acids is 3. The van der Waals surface area contributed by atoms with Gasteiger partial charge >= 0.3 is 6.03 Å². The molecule has 1 aliphatic heterocycles. The normalized spacial score (nSPS) is 18.8. The Morgan fingerprint density at radius 3 is 2.50 bits per heavy atom. The predicted octanol–water partition coefficient (Wildman–Crippen LogP) is 3.02. The molecular weight excluding hydrogens is 362 g/mol. The molecule has 0 radical (unpaired) electrons. The van der Waals surface area contributed by atoms with E-state index in [0.29, 0.717) is 12.2 Å². The van der Waals surface area contributed by atoms with Crippen molar-refractivity contribution in [1.82, 2.24) is 15.8 Å². The van der Waals surface area contributed by atoms with Gasteiger partial charge in [-0.15, -0.1) is 0 Å². The smallest absolute Gasteiger partial charge is 0.344 e. The van der Waals surface area contributed by atoms with E-state index in [1.165, 1.54) is 20.3 Å². The van der Waals surface area contributed by atoms with Gasteiger partial charge in [-0.1, -0.05) is 45.1 Å². The molecule has 1 saturated heterocycles. The summed E-state index contributed by atoms with van der Waals surface area (Å²) < 4.78 is 10.4. The Bertz CT molecular complexity index is 737. The van der Waals surface area contributed by atoms with Crippen LogP contribution in [-0.4, -0.2) is 42.6 Å². The number of para-hydroxylation sites is 1. The third kappa shape index (κ3) is 4.55. The summed E-state index contributed by atoms with van der Waals surface area (Å²) in [4.78, 5) is 37.7. The van der Waals surface area contributed by atoms with Gasteiger partial charge in [0.2, 0.25) is 0 Å². The minimum absolute atomic E-state index is 0.163. The first-order valence-corrected chi connectivity index (χ1v) is 9.56. The Morgan fingerprint density at radius 1 is 1.14 bits per heavy atom. The van der Waals surface area contributed by atoms with E-state index in [2.05, 4.69) is 17.7 Å². The molecule has 8 nitrogen and oxygen atoms in total. The van der Waals surface area contributed by atoms with Crippen LogP contribution in [0.3, 0.4) is 0 Å². The average Bonchev–Trinajstić information content (AvgIpc) is 2.90. The summed E-state index contributed by atoms with van der Waals surface area (Å²) in [6.45, 7) is 3.82. The largest absolute Gasteiger partial charge is 0.493 e. The lowest BCUT2D eigenvalue weighted by Crippen LogP contribution is -2.48. The number of urea groups is 1. The molecule has 0 bridgehead atoms. The molecular formula is C20H29N3O5. The van der Waals surface area contributed by atoms with Crippen LogP contribution in [0, 0.1) is 0 Å². The Kier molecular flexibility index (Phi) is 7.25. The van der Waals surface area contributed by atoms with Crippen LogP contribution in [0.1, 0.15) is 62.7 Å². The molecule has 1 fully saturated rings. The van der Waals surface area contributed by atoms with Crippen molar-refractivity contribution < 1.29 is 23.9 Å². The lowest BCUT2D eigenvalue weighted by molar-refractivity contribution is -0.132. The number of nitrogens with one attached hydrogen (secondary N) is 2. The molecule has 28 heavy (non-hydrogen) atoms. The minimum Gasteiger partial charge on any atom is -0.493 e. The second-order valence-electron chi connectivity index (χ2n) is 7.05. The SMILES string of the molecule is CCCCCCCC1(C)NC(=O)N(NC(=O)c2cccc(OC)c2OC)C1=O. The van der Waals surface area contributed by atoms with Crippen LogP contribution < -0.4 is 20.2 Å². The third-order valence-electron chi connectivity index (χ3n) is 4.90. The van der Waals surface area contributed by atoms with Gasteiger partial charge in [-0.25, -0.2) is 4.79 Å². The molecule has 8 heteroatoms. The van der Waals surface area contributed by atoms with E-state index in [9.17, 15) is 14.4 Å². The molecule has 1 heterocycles. The number of hydrogen-bond acceptors (Lipinski definition) is 5. The quantitative estimate of drug-likeness (QED) is 0.472. The number of hydrazine groups is 1. The van der Waals surface area contributed by atoms with Crippen LogP contribution >= 0.6 is 0 Å². The van der Waals surface area contributed by atoms with Gasteiger partial charge in [0.1, 0.15) is 5.54 Å². The maximum absolute atomic E-state index is 12.8. The van der Waals surface area contributed by atoms with Crippen molar-refractivity contribution in [3.8, 4) is 11.5 Å². The van der Waals surface area contributed by atoms with Crippen LogP contribution in [0.5, 0.6) is 11.5 Å². The lowest BCUT2D eigenvalue weighted by Gasteiger charge is -2.21. The molecule has 0 aliphatic carbocycles. The van der Waals surface area contributed by atoms with Crippen molar-refractivity contribution in [2.45, 2.75) is 57.9 Å². The van der Waals surface area contributed by atoms with Crippen molar-refractivity contribution in [2.75, 3.05) is 14.2 Å². The fourth-order valence-electron chi connectivity index (χ4n) is 3.27. The van der Waals surface area contributed by atoms with Gasteiger partial charge in [-0.2, -0.15) is 5.01 Å². The Labute approximate surface area is 165 Å². The van der Waals surface area contributed by atoms with Crippen LogP contribution in [0.2, 0.25) is 0 Å². The highest BCUT2D eigenvalue weighted by Crippen LogP contribution is 2.31. The maximum atomic E-state index is 12.8. The summed E-state index contributed by atoms with van der Waals surface area (Å²) in [6.07, 6.45) is 5.75. The number of carbonyl (C=O) groups is 3. The van der Waals surface area contributed by atoms with Gasteiger partial charge in [0.25, 0.3) is 11.8 Å². The van der Waals surface area contributed by atoms with Gasteiger partial charge in [-0.3, -0.25) is 15.0 Å². The number of ether oxygens (including phenoxy) is 2. The van der Waals surface area contributed by atoms with Gasteiger partial charge < -0.3 is 14.8 Å². The van der Waals surface area contributed by atoms with E-state index in [1.807, 2.05) is 0 Å². The first-order valence-electron chi connectivity index (χ1n) is 9.56. The van der Waals surface area contributed by atoms with Crippen LogP contribution in [0.4, 0.5) is 4.79 Å². The summed E-state index contributed by atoms with van der Waals surface area (Å²) in [5, 5.41) is 3.44. The van der Waals surface area contributed by atoms with Gasteiger partial charge in [-0.05, 0) is 25.5 Å². The number of nitrogens with zero attached hydrogens (tertiary/aromatic N) is 1. The summed E-state index contributed by atoms with van der Waals surface area (Å²) in [5.74, 6) is -0.493. The Hall–Kier alpha value is -2.77. The number of methoxy groups -OCH3 is 2. The highest BCUT2D eigenvalue weighted by molar-refractivity contribution is 6.09. The van der Waals surface area contributed by atoms with Crippen molar-refractivity contribution in [1.29, 1.82) is 0 Å². The zero-order chi connectivity index (χ0) is 20.7. The van der Waals surface area contributed by atoms with E-state index < -0.39 is 23.4 Å². The van der Waals surface area contributed by atoms with Crippen molar-refractivity contribution in [2.24, 2.45) is 0 Å². The molecule has 1 unspecified atom stereocenters. The van der Waals surface area contributed by atoms with Crippen molar-refractivity contribution in [3.63, 3.8) is 0 Å². The van der Waals surface area contributed by atoms with Gasteiger partial charge in [0.15, 0.2) is 11.5 Å². The van der Waals surface area contributed by atoms with E-state index in [0.717, 1.165) is 37.1 Å². The van der Waals surface area contributed by atoms with E-state index in [4.69, 9.17) is 9.47 Å². The average molecular weight is 391 g/mol. The van der Waals surface area contributed by atoms with Crippen LogP contribution in [-0.2, 0) is 4.79 Å². The molecule has 0 saturated carbocycles. The number of amides is 4. The molecule has 154 valence electrons. The van der Waals surface area contributed by atoms with Crippen LogP contribution in [0.15, 0.2) is 18.2 Å². The molecule has 2 rings (SSSR count). The van der Waals surface area contributed by atoms with E-state index in [-0.39, 0.29) is 11.3 Å². The predicted molar refractivity (Wildman–Crippen MR) is 104 cm³/mol. The molecule has 1 aromatic carbocycles. The molecule has 4 amide bonds. The van der Waals surface area contributed by atoms with Crippen LogP contribution in [0.25, 0.3) is 0 Å². The molecule has 2 N–H and O–H groups in total. The molecule has 1 aliphatic rings. The molecule has 1 aromatic rings. The molecule has 0 aromatic heterocycles. The third-order valence-corrected chi connectivity index (χ3v) is 4.90. The summed E-state index contributed by atoms with van der Waals surface area (Å²) in [6, 6.07) is 4.17. The summed E-state index contributed by atoms with van der Waals surface area (Å²) in [5.41, 5.74) is 1.53. The minimum atomic E-state index is -1.02. The monoisotopic (exact) mass is 391 g/mol. The maximum Gasteiger partial charge on any atom is 0.344 e. The summed E-state index contributed by atoms with van der Waals surface area (Å²) >= 11 is 0. The first-order chi connectivity index (χ1) is 13.4. The summed E-state index contributed by atoms with van der Waals surface area (Å²) in [7, 11) is 2.88. The number of unbranched alkanes of at least 4 members (excludes halogenated alkanes) is 4. The highest BCUT2D eigenvalue weighted by Gasteiger charge is 2.48. The zero-order valence-corrected chi connectivity index (χ0v) is 17.0. The first kappa shape index (κ1) is 21.5. The van der Waals surface area contributed by atoms with Gasteiger partial charge in [0, 0.05) is 0 Å².